The van der Waals surface area contributed by atoms with E-state index in [0.717, 1.165) is 0 Å². The summed E-state index contributed by atoms with van der Waals surface area (Å²) in [5, 5.41) is 8.66. The highest BCUT2D eigenvalue weighted by Crippen LogP contribution is 2.49. The Hall–Kier alpha value is -1.49. The van der Waals surface area contributed by atoms with Crippen molar-refractivity contribution >= 4 is 5.97 Å². The molecule has 1 unspecified atom stereocenters. The molecule has 1 aromatic carbocycles. The molecule has 0 amide bonds. The third-order valence-electron chi connectivity index (χ3n) is 3.20. The van der Waals surface area contributed by atoms with Crippen molar-refractivity contribution in [2.24, 2.45) is 11.7 Å². The van der Waals surface area contributed by atoms with Crippen LogP contribution in [0, 0.1) is 5.92 Å². The van der Waals surface area contributed by atoms with Crippen LogP contribution in [0.1, 0.15) is 24.0 Å². The number of carboxylic acid groups (broad SMARTS) is 1. The van der Waals surface area contributed by atoms with Crippen molar-refractivity contribution in [1.29, 1.82) is 0 Å². The molecule has 1 aliphatic carbocycles. The second kappa shape index (κ2) is 4.65. The zero-order chi connectivity index (χ0) is 13.3. The second-order valence-electron chi connectivity index (χ2n) is 4.74. The van der Waals surface area contributed by atoms with Crippen LogP contribution in [0.15, 0.2) is 24.3 Å². The zero-order valence-electron chi connectivity index (χ0n) is 9.77. The van der Waals surface area contributed by atoms with E-state index in [4.69, 9.17) is 10.8 Å². The quantitative estimate of drug-likeness (QED) is 0.847. The highest BCUT2D eigenvalue weighted by Gasteiger charge is 2.47. The van der Waals surface area contributed by atoms with Gasteiger partial charge in [0.25, 0.3) is 5.92 Å². The highest BCUT2D eigenvalue weighted by atomic mass is 19.3. The fourth-order valence-electron chi connectivity index (χ4n) is 1.89. The number of carbonyl (C=O) groups is 1. The first-order valence-corrected chi connectivity index (χ1v) is 5.87. The van der Waals surface area contributed by atoms with Crippen LogP contribution in [0.25, 0.3) is 0 Å². The molecular formula is C13H15F2NO2. The number of hydrogen-bond donors (Lipinski definition) is 2. The van der Waals surface area contributed by atoms with Crippen LogP contribution < -0.4 is 5.73 Å². The summed E-state index contributed by atoms with van der Waals surface area (Å²) in [6.07, 6.45) is 1.28. The topological polar surface area (TPSA) is 63.3 Å². The Bertz CT molecular complexity index is 441. The van der Waals surface area contributed by atoms with Crippen molar-refractivity contribution in [2.45, 2.75) is 31.2 Å². The highest BCUT2D eigenvalue weighted by molar-refractivity contribution is 5.73. The Morgan fingerprint density at radius 1 is 1.39 bits per heavy atom. The van der Waals surface area contributed by atoms with Gasteiger partial charge in [0.05, 0.1) is 0 Å². The molecule has 0 aliphatic heterocycles. The molecule has 0 heterocycles. The first kappa shape index (κ1) is 13.0. The molecule has 1 fully saturated rings. The smallest absolute Gasteiger partial charge is 0.320 e. The molecule has 1 saturated carbocycles. The Labute approximate surface area is 104 Å². The fourth-order valence-corrected chi connectivity index (χ4v) is 1.89. The zero-order valence-corrected chi connectivity index (χ0v) is 9.77. The van der Waals surface area contributed by atoms with Crippen molar-refractivity contribution in [3.05, 3.63) is 35.4 Å². The number of rotatable bonds is 5. The number of nitrogens with two attached hydrogens (primary N) is 1. The van der Waals surface area contributed by atoms with Crippen molar-refractivity contribution in [2.75, 3.05) is 0 Å². The Balaban J connectivity index is 2.08. The third kappa shape index (κ3) is 2.67. The minimum Gasteiger partial charge on any atom is -0.480 e. The predicted molar refractivity (Wildman–Crippen MR) is 62.4 cm³/mol. The van der Waals surface area contributed by atoms with Crippen molar-refractivity contribution in [3.63, 3.8) is 0 Å². The molecule has 0 saturated heterocycles. The summed E-state index contributed by atoms with van der Waals surface area (Å²) in [6.45, 7) is 0. The summed E-state index contributed by atoms with van der Waals surface area (Å²) >= 11 is 0. The van der Waals surface area contributed by atoms with Gasteiger partial charge < -0.3 is 10.8 Å². The Morgan fingerprint density at radius 3 is 2.39 bits per heavy atom. The van der Waals surface area contributed by atoms with E-state index in [-0.39, 0.29) is 12.0 Å². The largest absolute Gasteiger partial charge is 0.480 e. The Kier molecular flexibility index (Phi) is 3.34. The van der Waals surface area contributed by atoms with Crippen LogP contribution in [0.3, 0.4) is 0 Å². The van der Waals surface area contributed by atoms with Gasteiger partial charge in [0.15, 0.2) is 0 Å². The average Bonchev–Trinajstić information content (AvgIpc) is 3.13. The van der Waals surface area contributed by atoms with E-state index >= 15 is 0 Å². The average molecular weight is 255 g/mol. The lowest BCUT2D eigenvalue weighted by atomic mass is 10.00. The summed E-state index contributed by atoms with van der Waals surface area (Å²) < 4.78 is 27.5. The van der Waals surface area contributed by atoms with Crippen molar-refractivity contribution < 1.29 is 18.7 Å². The van der Waals surface area contributed by atoms with Crippen LogP contribution in [-0.2, 0) is 17.1 Å². The molecule has 5 heteroatoms. The molecule has 3 nitrogen and oxygen atoms in total. The van der Waals surface area contributed by atoms with Crippen molar-refractivity contribution in [1.82, 2.24) is 0 Å². The second-order valence-corrected chi connectivity index (χ2v) is 4.74. The van der Waals surface area contributed by atoms with Gasteiger partial charge in [0, 0.05) is 11.5 Å². The van der Waals surface area contributed by atoms with Gasteiger partial charge >= 0.3 is 5.97 Å². The van der Waals surface area contributed by atoms with E-state index in [9.17, 15) is 13.6 Å². The standard InChI is InChI=1S/C13H15F2NO2/c14-13(15,10-5-6-10)9-3-1-8(2-4-9)7-11(16)12(17)18/h1-4,10-11H,5-7,16H2,(H,17,18). The van der Waals surface area contributed by atoms with Crippen LogP contribution in [0.2, 0.25) is 0 Å². The van der Waals surface area contributed by atoms with Gasteiger partial charge in [-0.25, -0.2) is 8.78 Å². The predicted octanol–water partition coefficient (Wildman–Crippen LogP) is 2.14. The van der Waals surface area contributed by atoms with Gasteiger partial charge in [-0.1, -0.05) is 24.3 Å². The normalized spacial score (nSPS) is 17.5. The van der Waals surface area contributed by atoms with E-state index < -0.39 is 23.9 Å². The summed E-state index contributed by atoms with van der Waals surface area (Å²) in [4.78, 5) is 10.6. The minimum absolute atomic E-state index is 0.00218. The van der Waals surface area contributed by atoms with Crippen LogP contribution in [-0.4, -0.2) is 17.1 Å². The number of aliphatic carboxylic acids is 1. The number of hydrogen-bond acceptors (Lipinski definition) is 2. The first-order valence-electron chi connectivity index (χ1n) is 5.87. The number of carboxylic acids is 1. The summed E-state index contributed by atoms with van der Waals surface area (Å²) in [5.41, 5.74) is 6.03. The molecule has 0 bridgehead atoms. The number of benzene rings is 1. The van der Waals surface area contributed by atoms with Gasteiger partial charge in [-0.15, -0.1) is 0 Å². The molecule has 3 N–H and O–H groups in total. The maximum Gasteiger partial charge on any atom is 0.320 e. The van der Waals surface area contributed by atoms with Crippen LogP contribution in [0.4, 0.5) is 8.78 Å². The summed E-state index contributed by atoms with van der Waals surface area (Å²) in [6, 6.07) is 4.77. The molecule has 98 valence electrons. The molecule has 1 aliphatic rings. The van der Waals surface area contributed by atoms with E-state index in [1.807, 2.05) is 0 Å². The fraction of sp³-hybridized carbons (Fsp3) is 0.462. The van der Waals surface area contributed by atoms with Gasteiger partial charge in [0.2, 0.25) is 0 Å². The van der Waals surface area contributed by atoms with E-state index in [2.05, 4.69) is 0 Å². The number of halogens is 2. The monoisotopic (exact) mass is 255 g/mol. The Morgan fingerprint density at radius 2 is 1.94 bits per heavy atom. The van der Waals surface area contributed by atoms with Gasteiger partial charge in [-0.3, -0.25) is 4.79 Å². The third-order valence-corrected chi connectivity index (χ3v) is 3.20. The molecule has 0 aromatic heterocycles. The van der Waals surface area contributed by atoms with Gasteiger partial charge in [-0.2, -0.15) is 0 Å². The SMILES string of the molecule is NC(Cc1ccc(C(F)(F)C2CC2)cc1)C(=O)O. The lowest BCUT2D eigenvalue weighted by molar-refractivity contribution is -0.138. The van der Waals surface area contributed by atoms with Gasteiger partial charge in [0.1, 0.15) is 6.04 Å². The minimum atomic E-state index is -2.77. The molecule has 2 rings (SSSR count). The van der Waals surface area contributed by atoms with E-state index in [1.54, 1.807) is 0 Å². The molecular weight excluding hydrogens is 240 g/mol. The van der Waals surface area contributed by atoms with Crippen molar-refractivity contribution in [3.8, 4) is 0 Å². The summed E-state index contributed by atoms with van der Waals surface area (Å²) in [7, 11) is 0. The van der Waals surface area contributed by atoms with E-state index in [0.29, 0.717) is 18.4 Å². The molecule has 0 spiro atoms. The lowest BCUT2D eigenvalue weighted by Gasteiger charge is -2.16. The molecule has 18 heavy (non-hydrogen) atoms. The molecule has 1 atom stereocenters. The summed E-state index contributed by atoms with van der Waals surface area (Å²) in [5.74, 6) is -4.40. The molecule has 0 radical (unpaired) electrons. The maximum atomic E-state index is 13.7. The van der Waals surface area contributed by atoms with Crippen LogP contribution >= 0.6 is 0 Å². The maximum absolute atomic E-state index is 13.7. The van der Waals surface area contributed by atoms with E-state index in [1.165, 1.54) is 24.3 Å². The number of alkyl halides is 2. The lowest BCUT2D eigenvalue weighted by Crippen LogP contribution is -2.32. The first-order chi connectivity index (χ1) is 8.41. The van der Waals surface area contributed by atoms with Gasteiger partial charge in [-0.05, 0) is 24.8 Å². The molecule has 1 aromatic rings. The van der Waals surface area contributed by atoms with Crippen LogP contribution in [0.5, 0.6) is 0 Å².